The first-order valence-electron chi connectivity index (χ1n) is 33.3. The molecule has 3 aromatic heterocycles. The monoisotopic (exact) mass is 1460 g/mol. The number of alkyl halides is 1. The third kappa shape index (κ3) is 12.7. The molecule has 0 spiro atoms. The number of benzene rings is 3. The second-order valence-corrected chi connectivity index (χ2v) is 27.3. The van der Waals surface area contributed by atoms with Gasteiger partial charge in [-0.25, -0.2) is 13.2 Å². The van der Waals surface area contributed by atoms with Crippen molar-refractivity contribution in [3.05, 3.63) is 185 Å². The van der Waals surface area contributed by atoms with Crippen LogP contribution in [0.15, 0.2) is 69.0 Å². The summed E-state index contributed by atoms with van der Waals surface area (Å²) in [7, 11) is 0. The summed E-state index contributed by atoms with van der Waals surface area (Å²) in [4.78, 5) is 128. The van der Waals surface area contributed by atoms with Crippen LogP contribution in [0.3, 0.4) is 0 Å². The van der Waals surface area contributed by atoms with Crippen molar-refractivity contribution in [3.8, 4) is 17.2 Å². The molecule has 6 amide bonds. The maximum atomic E-state index is 14.3. The molecular weight excluding hydrogens is 1390 g/mol. The van der Waals surface area contributed by atoms with E-state index in [1.807, 2.05) is 20.8 Å². The zero-order valence-electron chi connectivity index (χ0n) is 54.7. The van der Waals surface area contributed by atoms with E-state index < -0.39 is 92.5 Å². The van der Waals surface area contributed by atoms with Crippen molar-refractivity contribution in [2.75, 3.05) is 77.9 Å². The molecule has 530 valence electrons. The lowest BCUT2D eigenvalue weighted by Crippen LogP contribution is -2.44. The molecule has 0 aliphatic carbocycles. The average molecular weight is 1460 g/mol. The Balaban J connectivity index is 0.000000142. The molecule has 8 aliphatic rings. The number of amides is 6. The minimum atomic E-state index is -0.929. The number of likely N-dealkylation sites (tertiary alicyclic amines) is 2. The number of nitrogens with zero attached hydrogens (tertiary/aromatic N) is 8. The minimum absolute atomic E-state index is 0.0476. The van der Waals surface area contributed by atoms with Crippen LogP contribution in [0.1, 0.15) is 192 Å². The molecule has 0 radical (unpaired) electrons. The second kappa shape index (κ2) is 29.3. The number of carbonyl (C=O) groups is 6. The van der Waals surface area contributed by atoms with Crippen LogP contribution in [0.4, 0.5) is 13.2 Å². The van der Waals surface area contributed by atoms with Crippen LogP contribution in [-0.4, -0.2) is 167 Å². The Bertz CT molecular complexity index is 4360. The van der Waals surface area contributed by atoms with Crippen LogP contribution in [0.2, 0.25) is 15.1 Å². The van der Waals surface area contributed by atoms with Crippen LogP contribution >= 0.6 is 46.4 Å². The summed E-state index contributed by atoms with van der Waals surface area (Å²) in [6.45, 7) is 11.5. The van der Waals surface area contributed by atoms with E-state index in [0.717, 1.165) is 39.0 Å². The lowest BCUT2D eigenvalue weighted by Gasteiger charge is -2.36. The Morgan fingerprint density at radius 2 is 0.810 bits per heavy atom. The second-order valence-electron chi connectivity index (χ2n) is 25.7. The summed E-state index contributed by atoms with van der Waals surface area (Å²) >= 11 is 23.3. The molecule has 100 heavy (non-hydrogen) atoms. The molecular formula is C69H73Cl4F3N12O12. The molecule has 3 aromatic carbocycles. The molecule has 11 heterocycles. The number of pyridine rings is 3. The Morgan fingerprint density at radius 1 is 0.490 bits per heavy atom. The number of hydrogen-bond acceptors (Lipinski definition) is 15. The summed E-state index contributed by atoms with van der Waals surface area (Å²) in [6.07, 6.45) is 4.53. The number of hydrogen-bond donors (Lipinski definition) is 7. The molecule has 0 unspecified atom stereocenters. The van der Waals surface area contributed by atoms with Crippen molar-refractivity contribution in [3.63, 3.8) is 0 Å². The van der Waals surface area contributed by atoms with Gasteiger partial charge in [0.2, 0.25) is 16.3 Å². The van der Waals surface area contributed by atoms with Gasteiger partial charge in [0.15, 0.2) is 34.3 Å². The molecule has 2 fully saturated rings. The van der Waals surface area contributed by atoms with Gasteiger partial charge in [-0.2, -0.15) is 0 Å². The topological polar surface area (TPSA) is 293 Å². The average Bonchev–Trinajstić information content (AvgIpc) is 1.53. The SMILES string of the molecule is CCN1C[C@@H]2C[C@@H](N3CCC3)c3c(C(=O)NCc4cccc(Cl)c4F)c(=O)c(O)c(n32)C1=O.CCN1C[C@@H]2C[C@@H](N3CCC3)c3c(C(=O)NCc4cccc(Cl)c4F)c(=O)c(O)c(n32)C1=O.CCN1C[C@@H]2C[C@@H](NCCCCl)c3c(C(=O)NCc4cccc(Cl)c4F)c(=O)c(O)c(n32)C1=O. The van der Waals surface area contributed by atoms with E-state index in [-0.39, 0.29) is 115 Å². The van der Waals surface area contributed by atoms with Crippen LogP contribution in [-0.2, 0) is 19.6 Å². The predicted molar refractivity (Wildman–Crippen MR) is 364 cm³/mol. The molecule has 31 heteroatoms. The molecule has 6 aromatic rings. The molecule has 8 aliphatic heterocycles. The summed E-state index contributed by atoms with van der Waals surface area (Å²) in [5, 5.41) is 43.1. The summed E-state index contributed by atoms with van der Waals surface area (Å²) < 4.78 is 47.8. The van der Waals surface area contributed by atoms with Gasteiger partial charge in [0.1, 0.15) is 34.1 Å². The van der Waals surface area contributed by atoms with E-state index in [1.54, 1.807) is 46.6 Å². The van der Waals surface area contributed by atoms with Gasteiger partial charge in [-0.05, 0) is 84.0 Å². The van der Waals surface area contributed by atoms with Crippen LogP contribution in [0.25, 0.3) is 0 Å². The van der Waals surface area contributed by atoms with Gasteiger partial charge in [-0.1, -0.05) is 71.2 Å². The van der Waals surface area contributed by atoms with Crippen molar-refractivity contribution in [2.24, 2.45) is 0 Å². The minimum Gasteiger partial charge on any atom is -0.503 e. The number of carbonyl (C=O) groups excluding carboxylic acids is 6. The Kier molecular flexibility index (Phi) is 20.9. The number of aromatic hydroxyl groups is 3. The van der Waals surface area contributed by atoms with E-state index in [9.17, 15) is 71.6 Å². The molecule has 6 atom stereocenters. The molecule has 0 bridgehead atoms. The van der Waals surface area contributed by atoms with Crippen molar-refractivity contribution in [2.45, 2.75) is 115 Å². The van der Waals surface area contributed by atoms with E-state index in [1.165, 1.54) is 36.4 Å². The van der Waals surface area contributed by atoms with Gasteiger partial charge in [0.25, 0.3) is 35.4 Å². The largest absolute Gasteiger partial charge is 0.503 e. The summed E-state index contributed by atoms with van der Waals surface area (Å²) in [5.41, 5.74) is -1.71. The Hall–Kier alpha value is -8.44. The number of aromatic nitrogens is 3. The zero-order chi connectivity index (χ0) is 71.4. The molecule has 24 nitrogen and oxygen atoms in total. The normalized spacial score (nSPS) is 20.7. The lowest BCUT2D eigenvalue weighted by molar-refractivity contribution is 0.0658. The summed E-state index contributed by atoms with van der Waals surface area (Å²) in [6, 6.07) is 12.1. The van der Waals surface area contributed by atoms with Gasteiger partial charge in [-0.3, -0.25) is 53.0 Å². The quantitative estimate of drug-likeness (QED) is 0.0319. The highest BCUT2D eigenvalue weighted by Gasteiger charge is 2.50. The lowest BCUT2D eigenvalue weighted by atomic mass is 9.99. The molecule has 2 saturated heterocycles. The highest BCUT2D eigenvalue weighted by atomic mass is 35.5. The third-order valence-electron chi connectivity index (χ3n) is 20.2. The number of rotatable bonds is 18. The zero-order valence-corrected chi connectivity index (χ0v) is 57.8. The van der Waals surface area contributed by atoms with Crippen LogP contribution in [0.5, 0.6) is 17.2 Å². The Morgan fingerprint density at radius 3 is 1.12 bits per heavy atom. The fourth-order valence-corrected chi connectivity index (χ4v) is 15.7. The standard InChI is InChI=1S/C23H25Cl2FN4O4.2C23H24ClFN4O4/c1-2-29-11-13-9-15(27-8-4-7-24)18-16(20(31)21(32)19(23(29)34)30(13)18)22(33)28-10-12-5-3-6-14(25)17(12)26;2*1-2-27-11-13-9-15(28-7-4-8-28)18-16(20(30)21(31)19(23(27)33)29(13)18)22(32)26-10-12-5-3-6-14(24)17(12)25/h3,5-6,13,15,27,32H,2,4,7-11H2,1H3,(H,28,33);2*3,5-6,13,15,31H,2,4,7-11H2,1H3,(H,26,32)/t3*13-,15+/m000/s1. The van der Waals surface area contributed by atoms with E-state index >= 15 is 0 Å². The van der Waals surface area contributed by atoms with Gasteiger partial charge >= 0.3 is 0 Å². The highest BCUT2D eigenvalue weighted by molar-refractivity contribution is 6.31. The number of halogens is 7. The smallest absolute Gasteiger partial charge is 0.274 e. The first kappa shape index (κ1) is 71.4. The fraction of sp³-hybridized carbons (Fsp3) is 0.435. The van der Waals surface area contributed by atoms with Crippen molar-refractivity contribution in [1.29, 1.82) is 0 Å². The van der Waals surface area contributed by atoms with Crippen LogP contribution in [0, 0.1) is 17.5 Å². The highest BCUT2D eigenvalue weighted by Crippen LogP contribution is 2.48. The fourth-order valence-electron chi connectivity index (χ4n) is 15.0. The third-order valence-corrected chi connectivity index (χ3v) is 21.3. The number of nitrogens with one attached hydrogen (secondary N) is 4. The van der Waals surface area contributed by atoms with E-state index in [2.05, 4.69) is 31.1 Å². The van der Waals surface area contributed by atoms with E-state index in [4.69, 9.17) is 46.4 Å². The van der Waals surface area contributed by atoms with Gasteiger partial charge in [0.05, 0.1) is 68.4 Å². The first-order chi connectivity index (χ1) is 48.0. The van der Waals surface area contributed by atoms with Gasteiger partial charge < -0.3 is 65.0 Å². The Labute approximate surface area is 591 Å². The maximum absolute atomic E-state index is 14.3. The first-order valence-corrected chi connectivity index (χ1v) is 35.0. The van der Waals surface area contributed by atoms with Gasteiger partial charge in [-0.15, -0.1) is 11.6 Å². The van der Waals surface area contributed by atoms with Crippen molar-refractivity contribution in [1.82, 2.24) is 59.5 Å². The predicted octanol–water partition coefficient (Wildman–Crippen LogP) is 7.84. The number of likely N-dealkylation sites (N-methyl/N-ethyl adjacent to an activating group) is 3. The van der Waals surface area contributed by atoms with Gasteiger partial charge in [0, 0.05) is 108 Å². The summed E-state index contributed by atoms with van der Waals surface area (Å²) in [5.74, 6) is -7.15. The molecule has 0 saturated carbocycles. The van der Waals surface area contributed by atoms with Crippen molar-refractivity contribution < 1.29 is 57.3 Å². The molecule has 14 rings (SSSR count). The van der Waals surface area contributed by atoms with E-state index in [0.29, 0.717) is 94.5 Å². The van der Waals surface area contributed by atoms with Crippen LogP contribution < -0.4 is 37.6 Å². The van der Waals surface area contributed by atoms with Crippen molar-refractivity contribution >= 4 is 81.8 Å². The maximum Gasteiger partial charge on any atom is 0.274 e. The molecule has 7 N–H and O–H groups in total.